The van der Waals surface area contributed by atoms with Crippen LogP contribution in [0.25, 0.3) is 0 Å². The molecule has 112 valence electrons. The minimum Gasteiger partial charge on any atom is -0.338 e. The van der Waals surface area contributed by atoms with Gasteiger partial charge in [0.15, 0.2) is 0 Å². The van der Waals surface area contributed by atoms with E-state index in [1.54, 1.807) is 4.90 Å². The summed E-state index contributed by atoms with van der Waals surface area (Å²) in [6.07, 6.45) is -2.54. The van der Waals surface area contributed by atoms with E-state index in [0.717, 1.165) is 25.0 Å². The molecule has 0 atom stereocenters. The van der Waals surface area contributed by atoms with Gasteiger partial charge in [-0.1, -0.05) is 29.3 Å². The molecule has 1 aromatic rings. The van der Waals surface area contributed by atoms with Crippen LogP contribution in [0.2, 0.25) is 0 Å². The van der Waals surface area contributed by atoms with Gasteiger partial charge in [0.2, 0.25) is 0 Å². The molecule has 0 bridgehead atoms. The van der Waals surface area contributed by atoms with E-state index in [-0.39, 0.29) is 11.5 Å². The zero-order valence-corrected chi connectivity index (χ0v) is 12.8. The Morgan fingerprint density at radius 2 is 1.80 bits per heavy atom. The Kier molecular flexibility index (Phi) is 6.52. The van der Waals surface area contributed by atoms with Crippen LogP contribution in [0, 0.1) is 0 Å². The van der Waals surface area contributed by atoms with Crippen molar-refractivity contribution in [1.29, 1.82) is 0 Å². The van der Waals surface area contributed by atoms with Crippen LogP contribution in [-0.4, -0.2) is 29.2 Å². The molecule has 0 heterocycles. The maximum atomic E-state index is 12.5. The summed E-state index contributed by atoms with van der Waals surface area (Å²) in [7, 11) is 0. The largest absolute Gasteiger partial charge is 0.416 e. The van der Waals surface area contributed by atoms with Gasteiger partial charge in [0.05, 0.1) is 5.56 Å². The molecular weight excluding hydrogens is 335 g/mol. The summed E-state index contributed by atoms with van der Waals surface area (Å²) in [5.41, 5.74) is -0.454. The Morgan fingerprint density at radius 3 is 2.25 bits per heavy atom. The third kappa shape index (κ3) is 4.81. The molecule has 1 aromatic carbocycles. The number of halogens is 4. The van der Waals surface area contributed by atoms with E-state index in [1.165, 1.54) is 12.1 Å². The first-order valence-electron chi connectivity index (χ1n) is 6.42. The molecule has 0 fully saturated rings. The number of benzene rings is 1. The first kappa shape index (κ1) is 17.0. The van der Waals surface area contributed by atoms with Crippen molar-refractivity contribution in [3.63, 3.8) is 0 Å². The number of amides is 1. The zero-order valence-electron chi connectivity index (χ0n) is 11.2. The average Bonchev–Trinajstić information content (AvgIpc) is 2.42. The summed E-state index contributed by atoms with van der Waals surface area (Å²) in [6.45, 7) is 3.18. The zero-order chi connectivity index (χ0) is 15.2. The van der Waals surface area contributed by atoms with Gasteiger partial charge in [-0.3, -0.25) is 4.79 Å². The highest BCUT2D eigenvalue weighted by atomic mass is 79.9. The van der Waals surface area contributed by atoms with Crippen LogP contribution in [0.1, 0.15) is 35.7 Å². The van der Waals surface area contributed by atoms with Crippen LogP contribution < -0.4 is 0 Å². The van der Waals surface area contributed by atoms with Crippen LogP contribution in [0.4, 0.5) is 13.2 Å². The van der Waals surface area contributed by atoms with Crippen molar-refractivity contribution >= 4 is 21.8 Å². The van der Waals surface area contributed by atoms with Crippen LogP contribution in [-0.2, 0) is 6.18 Å². The highest BCUT2D eigenvalue weighted by Gasteiger charge is 2.30. The van der Waals surface area contributed by atoms with Crippen molar-refractivity contribution in [3.8, 4) is 0 Å². The Morgan fingerprint density at radius 1 is 1.20 bits per heavy atom. The first-order valence-corrected chi connectivity index (χ1v) is 7.54. The second kappa shape index (κ2) is 7.67. The fraction of sp³-hybridized carbons (Fsp3) is 0.500. The van der Waals surface area contributed by atoms with Gasteiger partial charge in [0.25, 0.3) is 5.91 Å². The Bertz CT molecular complexity index is 431. The van der Waals surface area contributed by atoms with Crippen molar-refractivity contribution in [2.24, 2.45) is 0 Å². The van der Waals surface area contributed by atoms with E-state index >= 15 is 0 Å². The maximum Gasteiger partial charge on any atom is 0.416 e. The number of hydrogen-bond acceptors (Lipinski definition) is 1. The maximum absolute atomic E-state index is 12.5. The molecule has 6 heteroatoms. The minimum absolute atomic E-state index is 0.230. The number of unbranched alkanes of at least 4 members (excludes halogenated alkanes) is 1. The third-order valence-corrected chi connectivity index (χ3v) is 3.24. The first-order chi connectivity index (χ1) is 9.40. The second-order valence-corrected chi connectivity index (χ2v) is 5.20. The highest BCUT2D eigenvalue weighted by Crippen LogP contribution is 2.29. The van der Waals surface area contributed by atoms with Gasteiger partial charge >= 0.3 is 6.18 Å². The quantitative estimate of drug-likeness (QED) is 0.698. The van der Waals surface area contributed by atoms with Crippen LogP contribution in [0.5, 0.6) is 0 Å². The van der Waals surface area contributed by atoms with E-state index in [1.807, 2.05) is 6.92 Å². The Hall–Kier alpha value is -1.04. The molecule has 0 aromatic heterocycles. The topological polar surface area (TPSA) is 20.3 Å². The Labute approximate surface area is 125 Å². The molecule has 1 rings (SSSR count). The minimum atomic E-state index is -4.38. The number of carbonyl (C=O) groups is 1. The van der Waals surface area contributed by atoms with Crippen molar-refractivity contribution in [2.45, 2.75) is 25.9 Å². The molecule has 0 unspecified atom stereocenters. The monoisotopic (exact) mass is 351 g/mol. The number of hydrogen-bond donors (Lipinski definition) is 0. The summed E-state index contributed by atoms with van der Waals surface area (Å²) < 4.78 is 37.4. The molecule has 0 N–H and O–H groups in total. The fourth-order valence-electron chi connectivity index (χ4n) is 1.75. The molecule has 20 heavy (non-hydrogen) atoms. The lowest BCUT2D eigenvalue weighted by Gasteiger charge is -2.21. The molecule has 0 radical (unpaired) electrons. The summed E-state index contributed by atoms with van der Waals surface area (Å²) >= 11 is 3.28. The number of alkyl halides is 4. The molecule has 2 nitrogen and oxygen atoms in total. The highest BCUT2D eigenvalue weighted by molar-refractivity contribution is 9.09. The van der Waals surface area contributed by atoms with E-state index < -0.39 is 11.7 Å². The predicted octanol–water partition coefficient (Wildman–Crippen LogP) is 4.34. The summed E-state index contributed by atoms with van der Waals surface area (Å²) in [5, 5.41) is 0.642. The van der Waals surface area contributed by atoms with Gasteiger partial charge < -0.3 is 4.90 Å². The molecule has 0 aliphatic carbocycles. The summed E-state index contributed by atoms with van der Waals surface area (Å²) in [4.78, 5) is 13.9. The number of nitrogens with zero attached hydrogens (tertiary/aromatic N) is 1. The number of carbonyl (C=O) groups excluding carboxylic acids is 1. The van der Waals surface area contributed by atoms with Crippen LogP contribution in [0.3, 0.4) is 0 Å². The molecular formula is C14H17BrF3NO. The van der Waals surface area contributed by atoms with Gasteiger partial charge in [0, 0.05) is 24.0 Å². The van der Waals surface area contributed by atoms with Crippen molar-refractivity contribution in [1.82, 2.24) is 4.90 Å². The van der Waals surface area contributed by atoms with Gasteiger partial charge in [-0.25, -0.2) is 0 Å². The van der Waals surface area contributed by atoms with E-state index in [0.29, 0.717) is 18.4 Å². The molecule has 0 saturated heterocycles. The molecule has 0 spiro atoms. The van der Waals surface area contributed by atoms with Gasteiger partial charge in [-0.15, -0.1) is 0 Å². The van der Waals surface area contributed by atoms with Crippen molar-refractivity contribution in [3.05, 3.63) is 35.4 Å². The predicted molar refractivity (Wildman–Crippen MR) is 76.0 cm³/mol. The third-order valence-electron chi connectivity index (χ3n) is 2.88. The molecule has 0 aliphatic rings. The van der Waals surface area contributed by atoms with E-state index in [2.05, 4.69) is 15.9 Å². The van der Waals surface area contributed by atoms with Crippen LogP contribution in [0.15, 0.2) is 24.3 Å². The van der Waals surface area contributed by atoms with Gasteiger partial charge in [0.1, 0.15) is 0 Å². The van der Waals surface area contributed by atoms with Gasteiger partial charge in [-0.05, 0) is 30.7 Å². The van der Waals surface area contributed by atoms with E-state index in [4.69, 9.17) is 0 Å². The van der Waals surface area contributed by atoms with Crippen LogP contribution >= 0.6 is 15.9 Å². The molecule has 1 amide bonds. The smallest absolute Gasteiger partial charge is 0.338 e. The fourth-order valence-corrected chi connectivity index (χ4v) is 2.18. The molecule has 0 aliphatic heterocycles. The SMILES string of the molecule is CCCCN(CCBr)C(=O)c1ccc(C(F)(F)F)cc1. The standard InChI is InChI=1S/C14H17BrF3NO/c1-2-3-9-19(10-8-15)13(20)11-4-6-12(7-5-11)14(16,17)18/h4-7H,2-3,8-10H2,1H3. The lowest BCUT2D eigenvalue weighted by molar-refractivity contribution is -0.137. The lowest BCUT2D eigenvalue weighted by Crippen LogP contribution is -2.33. The Balaban J connectivity index is 2.83. The van der Waals surface area contributed by atoms with E-state index in [9.17, 15) is 18.0 Å². The van der Waals surface area contributed by atoms with Crippen molar-refractivity contribution in [2.75, 3.05) is 18.4 Å². The summed E-state index contributed by atoms with van der Waals surface area (Å²) in [5.74, 6) is -0.230. The average molecular weight is 352 g/mol. The summed E-state index contributed by atoms with van der Waals surface area (Å²) in [6, 6.07) is 4.36. The normalized spacial score (nSPS) is 11.4. The second-order valence-electron chi connectivity index (χ2n) is 4.41. The van der Waals surface area contributed by atoms with Gasteiger partial charge in [-0.2, -0.15) is 13.2 Å². The van der Waals surface area contributed by atoms with Crippen molar-refractivity contribution < 1.29 is 18.0 Å². The lowest BCUT2D eigenvalue weighted by atomic mass is 10.1. The number of rotatable bonds is 6. The molecule has 0 saturated carbocycles.